The predicted molar refractivity (Wildman–Crippen MR) is 87.2 cm³/mol. The maximum atomic E-state index is 12.3. The van der Waals surface area contributed by atoms with Gasteiger partial charge in [-0.15, -0.1) is 0 Å². The molecule has 2 N–H and O–H groups in total. The van der Waals surface area contributed by atoms with E-state index in [-0.39, 0.29) is 23.3 Å². The van der Waals surface area contributed by atoms with Crippen molar-refractivity contribution in [2.75, 3.05) is 5.32 Å². The molecule has 1 aromatic heterocycles. The van der Waals surface area contributed by atoms with Crippen molar-refractivity contribution in [2.24, 2.45) is 5.92 Å². The standard InChI is InChI=1S/C17H21N3O2/c1-11(13-6-4-3-5-7-13)18-15-10-16(21)20(17(22)19-15)12(2)14-8-9-14/h3-7,10-12,14,18H,8-9H2,1-2H3,(H,19,22)/t11-,12+/m0/s1. The smallest absolute Gasteiger partial charge is 0.330 e. The third-order valence-corrected chi connectivity index (χ3v) is 4.35. The average molecular weight is 299 g/mol. The molecule has 0 amide bonds. The highest BCUT2D eigenvalue weighted by atomic mass is 16.2. The van der Waals surface area contributed by atoms with Gasteiger partial charge in [0.1, 0.15) is 5.82 Å². The first-order chi connectivity index (χ1) is 10.6. The summed E-state index contributed by atoms with van der Waals surface area (Å²) < 4.78 is 1.33. The molecule has 0 aliphatic heterocycles. The van der Waals surface area contributed by atoms with Gasteiger partial charge in [-0.1, -0.05) is 30.3 Å². The van der Waals surface area contributed by atoms with Crippen LogP contribution in [0, 0.1) is 5.92 Å². The topological polar surface area (TPSA) is 66.9 Å². The molecule has 22 heavy (non-hydrogen) atoms. The highest BCUT2D eigenvalue weighted by molar-refractivity contribution is 5.36. The molecule has 1 aliphatic rings. The molecule has 0 radical (unpaired) electrons. The molecule has 0 unspecified atom stereocenters. The molecule has 0 bridgehead atoms. The molecule has 1 heterocycles. The molecule has 116 valence electrons. The van der Waals surface area contributed by atoms with Crippen molar-refractivity contribution < 1.29 is 0 Å². The maximum Gasteiger partial charge on any atom is 0.330 e. The van der Waals surface area contributed by atoms with Gasteiger partial charge in [-0.05, 0) is 38.2 Å². The zero-order valence-electron chi connectivity index (χ0n) is 12.9. The van der Waals surface area contributed by atoms with Gasteiger partial charge in [-0.2, -0.15) is 0 Å². The molecule has 1 aromatic carbocycles. The van der Waals surface area contributed by atoms with Crippen molar-refractivity contribution in [3.05, 3.63) is 62.8 Å². The van der Waals surface area contributed by atoms with E-state index in [1.165, 1.54) is 10.6 Å². The summed E-state index contributed by atoms with van der Waals surface area (Å²) in [6, 6.07) is 11.3. The number of aromatic nitrogens is 2. The minimum Gasteiger partial charge on any atom is -0.365 e. The Hall–Kier alpha value is -2.30. The normalized spacial score (nSPS) is 17.0. The van der Waals surface area contributed by atoms with Crippen LogP contribution in [0.15, 0.2) is 46.0 Å². The number of aromatic amines is 1. The molecular formula is C17H21N3O2. The largest absolute Gasteiger partial charge is 0.365 e. The minimum absolute atomic E-state index is 0.00737. The Bertz CT molecular complexity index is 728. The van der Waals surface area contributed by atoms with E-state index in [0.717, 1.165) is 18.4 Å². The van der Waals surface area contributed by atoms with Crippen molar-refractivity contribution in [1.29, 1.82) is 0 Å². The van der Waals surface area contributed by atoms with Crippen LogP contribution in [0.1, 0.15) is 44.3 Å². The van der Waals surface area contributed by atoms with E-state index in [1.807, 2.05) is 44.2 Å². The van der Waals surface area contributed by atoms with Crippen LogP contribution in [0.5, 0.6) is 0 Å². The molecule has 1 saturated carbocycles. The second kappa shape index (κ2) is 5.83. The van der Waals surface area contributed by atoms with Gasteiger partial charge in [0.05, 0.1) is 0 Å². The maximum absolute atomic E-state index is 12.3. The van der Waals surface area contributed by atoms with Crippen LogP contribution in [0.4, 0.5) is 5.82 Å². The Labute approximate surface area is 129 Å². The van der Waals surface area contributed by atoms with Gasteiger partial charge in [0.25, 0.3) is 5.56 Å². The fourth-order valence-corrected chi connectivity index (χ4v) is 2.82. The Morgan fingerprint density at radius 3 is 2.45 bits per heavy atom. The zero-order valence-corrected chi connectivity index (χ0v) is 12.9. The lowest BCUT2D eigenvalue weighted by molar-refractivity contribution is 0.451. The molecule has 5 nitrogen and oxygen atoms in total. The molecule has 3 rings (SSSR count). The predicted octanol–water partition coefficient (Wildman–Crippen LogP) is 2.68. The zero-order chi connectivity index (χ0) is 15.7. The van der Waals surface area contributed by atoms with Crippen LogP contribution < -0.4 is 16.6 Å². The van der Waals surface area contributed by atoms with Crippen LogP contribution in [0.25, 0.3) is 0 Å². The van der Waals surface area contributed by atoms with Gasteiger partial charge in [0.2, 0.25) is 0 Å². The van der Waals surface area contributed by atoms with Crippen molar-refractivity contribution in [1.82, 2.24) is 9.55 Å². The molecule has 5 heteroatoms. The van der Waals surface area contributed by atoms with E-state index in [0.29, 0.717) is 11.7 Å². The minimum atomic E-state index is -0.338. The first kappa shape index (κ1) is 14.6. The van der Waals surface area contributed by atoms with Gasteiger partial charge < -0.3 is 5.32 Å². The molecule has 2 atom stereocenters. The number of rotatable bonds is 5. The van der Waals surface area contributed by atoms with Gasteiger partial charge in [0.15, 0.2) is 0 Å². The SMILES string of the molecule is C[C@H](Nc1cc(=O)n([C@H](C)C2CC2)c(=O)[nH]1)c1ccccc1. The second-order valence-electron chi connectivity index (χ2n) is 6.05. The van der Waals surface area contributed by atoms with E-state index in [9.17, 15) is 9.59 Å². The third-order valence-electron chi connectivity index (χ3n) is 4.35. The number of nitrogens with one attached hydrogen (secondary N) is 2. The van der Waals surface area contributed by atoms with Gasteiger partial charge in [0, 0.05) is 18.2 Å². The highest BCUT2D eigenvalue weighted by Gasteiger charge is 2.30. The fraction of sp³-hybridized carbons (Fsp3) is 0.412. The number of anilines is 1. The summed E-state index contributed by atoms with van der Waals surface area (Å²) in [5.41, 5.74) is 0.513. The Kier molecular flexibility index (Phi) is 3.88. The molecule has 0 spiro atoms. The summed E-state index contributed by atoms with van der Waals surface area (Å²) in [6.07, 6.45) is 2.19. The number of H-pyrrole nitrogens is 1. The fourth-order valence-electron chi connectivity index (χ4n) is 2.82. The molecule has 2 aromatic rings. The van der Waals surface area contributed by atoms with Crippen LogP contribution in [0.2, 0.25) is 0 Å². The number of benzene rings is 1. The molecule has 0 saturated heterocycles. The van der Waals surface area contributed by atoms with Crippen molar-refractivity contribution >= 4 is 5.82 Å². The van der Waals surface area contributed by atoms with Gasteiger partial charge in [-0.3, -0.25) is 14.3 Å². The Morgan fingerprint density at radius 2 is 1.86 bits per heavy atom. The van der Waals surface area contributed by atoms with Crippen LogP contribution in [-0.4, -0.2) is 9.55 Å². The number of hydrogen-bond donors (Lipinski definition) is 2. The monoisotopic (exact) mass is 299 g/mol. The summed E-state index contributed by atoms with van der Waals surface area (Å²) in [7, 11) is 0. The summed E-state index contributed by atoms with van der Waals surface area (Å²) in [4.78, 5) is 27.3. The lowest BCUT2D eigenvalue weighted by Crippen LogP contribution is -2.38. The van der Waals surface area contributed by atoms with Gasteiger partial charge >= 0.3 is 5.69 Å². The third kappa shape index (κ3) is 2.98. The summed E-state index contributed by atoms with van der Waals surface area (Å²) in [5.74, 6) is 0.923. The van der Waals surface area contributed by atoms with E-state index in [4.69, 9.17) is 0 Å². The Morgan fingerprint density at radius 1 is 1.18 bits per heavy atom. The van der Waals surface area contributed by atoms with E-state index in [2.05, 4.69) is 10.3 Å². The average Bonchev–Trinajstić information content (AvgIpc) is 3.32. The first-order valence-corrected chi connectivity index (χ1v) is 7.73. The lowest BCUT2D eigenvalue weighted by atomic mass is 10.1. The Balaban J connectivity index is 1.84. The summed E-state index contributed by atoms with van der Waals surface area (Å²) >= 11 is 0. The molecular weight excluding hydrogens is 278 g/mol. The van der Waals surface area contributed by atoms with Gasteiger partial charge in [-0.25, -0.2) is 4.79 Å². The van der Waals surface area contributed by atoms with Crippen molar-refractivity contribution in [2.45, 2.75) is 38.8 Å². The van der Waals surface area contributed by atoms with E-state index >= 15 is 0 Å². The number of nitrogens with zero attached hydrogens (tertiary/aromatic N) is 1. The summed E-state index contributed by atoms with van der Waals surface area (Å²) in [6.45, 7) is 3.93. The number of hydrogen-bond acceptors (Lipinski definition) is 3. The lowest BCUT2D eigenvalue weighted by Gasteiger charge is -2.17. The van der Waals surface area contributed by atoms with Crippen molar-refractivity contribution in [3.8, 4) is 0 Å². The molecule has 1 fully saturated rings. The highest BCUT2D eigenvalue weighted by Crippen LogP contribution is 2.38. The first-order valence-electron chi connectivity index (χ1n) is 7.73. The van der Waals surface area contributed by atoms with Crippen LogP contribution in [-0.2, 0) is 0 Å². The summed E-state index contributed by atoms with van der Waals surface area (Å²) in [5, 5.41) is 3.18. The molecule has 1 aliphatic carbocycles. The van der Waals surface area contributed by atoms with E-state index < -0.39 is 0 Å². The van der Waals surface area contributed by atoms with Crippen LogP contribution in [0.3, 0.4) is 0 Å². The van der Waals surface area contributed by atoms with E-state index in [1.54, 1.807) is 0 Å². The second-order valence-corrected chi connectivity index (χ2v) is 6.05. The van der Waals surface area contributed by atoms with Crippen molar-refractivity contribution in [3.63, 3.8) is 0 Å². The van der Waals surface area contributed by atoms with Crippen LogP contribution >= 0.6 is 0 Å². The quantitative estimate of drug-likeness (QED) is 0.892.